The molecule has 2 rings (SSSR count). The lowest BCUT2D eigenvalue weighted by atomic mass is 10.0. The molecule has 0 radical (unpaired) electrons. The van der Waals surface area contributed by atoms with E-state index in [1.54, 1.807) is 11.8 Å². The second-order valence-electron chi connectivity index (χ2n) is 5.16. The highest BCUT2D eigenvalue weighted by Crippen LogP contribution is 2.36. The Morgan fingerprint density at radius 2 is 2.30 bits per heavy atom. The Morgan fingerprint density at radius 3 is 2.90 bits per heavy atom. The summed E-state index contributed by atoms with van der Waals surface area (Å²) in [6, 6.07) is 6.34. The Kier molecular flexibility index (Phi) is 5.29. The number of benzene rings is 1. The minimum absolute atomic E-state index is 0.157. The van der Waals surface area contributed by atoms with E-state index in [-0.39, 0.29) is 12.6 Å². The van der Waals surface area contributed by atoms with Crippen LogP contribution in [0.1, 0.15) is 25.8 Å². The van der Waals surface area contributed by atoms with Gasteiger partial charge in [0.1, 0.15) is 4.99 Å². The maximum Gasteiger partial charge on any atom is 0.107 e. The second-order valence-corrected chi connectivity index (χ2v) is 6.90. The molecular weight excluding hydrogens is 288 g/mol. The van der Waals surface area contributed by atoms with Crippen LogP contribution in [0, 0.1) is 5.92 Å². The van der Waals surface area contributed by atoms with Gasteiger partial charge in [0.05, 0.1) is 12.6 Å². The van der Waals surface area contributed by atoms with Gasteiger partial charge in [0.25, 0.3) is 0 Å². The van der Waals surface area contributed by atoms with Gasteiger partial charge in [-0.15, -0.1) is 11.8 Å². The zero-order valence-electron chi connectivity index (χ0n) is 12.0. The van der Waals surface area contributed by atoms with Crippen molar-refractivity contribution < 1.29 is 5.11 Å². The molecule has 110 valence electrons. The highest BCUT2D eigenvalue weighted by atomic mass is 32.2. The lowest BCUT2D eigenvalue weighted by molar-refractivity contribution is 0.244. The molecule has 2 unspecified atom stereocenters. The first-order valence-corrected chi connectivity index (χ1v) is 8.42. The monoisotopic (exact) mass is 310 g/mol. The van der Waals surface area contributed by atoms with Crippen LogP contribution in [0.2, 0.25) is 0 Å². The number of rotatable bonds is 5. The summed E-state index contributed by atoms with van der Waals surface area (Å²) in [5.74, 6) is 1.47. The topological polar surface area (TPSA) is 49.5 Å². The first-order valence-electron chi connectivity index (χ1n) is 7.03. The normalized spacial score (nSPS) is 22.2. The van der Waals surface area contributed by atoms with E-state index in [4.69, 9.17) is 18.0 Å². The summed E-state index contributed by atoms with van der Waals surface area (Å²) in [7, 11) is 0. The van der Waals surface area contributed by atoms with Crippen molar-refractivity contribution in [2.24, 2.45) is 11.7 Å². The van der Waals surface area contributed by atoms with E-state index in [0.717, 1.165) is 34.9 Å². The predicted octanol–water partition coefficient (Wildman–Crippen LogP) is 2.64. The molecule has 3 nitrogen and oxygen atoms in total. The third kappa shape index (κ3) is 2.95. The van der Waals surface area contributed by atoms with Crippen molar-refractivity contribution in [3.63, 3.8) is 0 Å². The molecule has 1 fully saturated rings. The molecule has 1 aliphatic heterocycles. The Hall–Kier alpha value is -0.780. The van der Waals surface area contributed by atoms with Crippen LogP contribution < -0.4 is 10.6 Å². The minimum Gasteiger partial charge on any atom is -0.394 e. The Bertz CT molecular complexity index is 493. The molecule has 1 saturated heterocycles. The van der Waals surface area contributed by atoms with Crippen molar-refractivity contribution in [2.75, 3.05) is 23.8 Å². The number of thiocarbonyl (C=S) groups is 1. The summed E-state index contributed by atoms with van der Waals surface area (Å²) >= 11 is 7.02. The van der Waals surface area contributed by atoms with Gasteiger partial charge in [0.15, 0.2) is 0 Å². The third-order valence-corrected chi connectivity index (χ3v) is 5.07. The van der Waals surface area contributed by atoms with Crippen molar-refractivity contribution in [1.29, 1.82) is 0 Å². The van der Waals surface area contributed by atoms with Gasteiger partial charge in [-0.3, -0.25) is 0 Å². The SMILES string of the molecule is CCSc1cccc(N2CCC(C)C2CO)c1C(N)=S. The van der Waals surface area contributed by atoms with E-state index in [9.17, 15) is 5.11 Å². The van der Waals surface area contributed by atoms with Crippen LogP contribution in [0.25, 0.3) is 0 Å². The molecule has 0 bridgehead atoms. The zero-order valence-corrected chi connectivity index (χ0v) is 13.6. The maximum atomic E-state index is 9.66. The number of aliphatic hydroxyl groups excluding tert-OH is 1. The van der Waals surface area contributed by atoms with Crippen molar-refractivity contribution >= 4 is 34.7 Å². The highest BCUT2D eigenvalue weighted by molar-refractivity contribution is 7.99. The highest BCUT2D eigenvalue weighted by Gasteiger charge is 2.32. The van der Waals surface area contributed by atoms with Crippen molar-refractivity contribution in [2.45, 2.75) is 31.2 Å². The number of anilines is 1. The van der Waals surface area contributed by atoms with Gasteiger partial charge in [-0.05, 0) is 30.2 Å². The number of hydrogen-bond acceptors (Lipinski definition) is 4. The van der Waals surface area contributed by atoms with Gasteiger partial charge in [-0.1, -0.05) is 32.1 Å². The zero-order chi connectivity index (χ0) is 14.7. The maximum absolute atomic E-state index is 9.66. The largest absolute Gasteiger partial charge is 0.394 e. The third-order valence-electron chi connectivity index (χ3n) is 3.93. The molecular formula is C15H22N2OS2. The minimum atomic E-state index is 0.157. The average Bonchev–Trinajstić information content (AvgIpc) is 2.79. The van der Waals surface area contributed by atoms with Crippen LogP contribution in [0.15, 0.2) is 23.1 Å². The van der Waals surface area contributed by atoms with Crippen molar-refractivity contribution in [1.82, 2.24) is 0 Å². The molecule has 2 atom stereocenters. The Labute approximate surface area is 130 Å². The fourth-order valence-corrected chi connectivity index (χ4v) is 3.99. The Balaban J connectivity index is 2.45. The van der Waals surface area contributed by atoms with E-state index < -0.39 is 0 Å². The summed E-state index contributed by atoms with van der Waals surface area (Å²) in [6.07, 6.45) is 1.09. The first kappa shape index (κ1) is 15.6. The first-order chi connectivity index (χ1) is 9.60. The second kappa shape index (κ2) is 6.78. The van der Waals surface area contributed by atoms with Gasteiger partial charge in [-0.25, -0.2) is 0 Å². The van der Waals surface area contributed by atoms with Gasteiger partial charge in [0, 0.05) is 22.7 Å². The Morgan fingerprint density at radius 1 is 1.55 bits per heavy atom. The summed E-state index contributed by atoms with van der Waals surface area (Å²) in [5, 5.41) is 9.66. The lowest BCUT2D eigenvalue weighted by Crippen LogP contribution is -2.36. The van der Waals surface area contributed by atoms with E-state index in [1.165, 1.54) is 0 Å². The van der Waals surface area contributed by atoms with Gasteiger partial charge < -0.3 is 15.7 Å². The number of hydrogen-bond donors (Lipinski definition) is 2. The van der Waals surface area contributed by atoms with Crippen LogP contribution in [0.3, 0.4) is 0 Å². The molecule has 0 aliphatic carbocycles. The van der Waals surface area contributed by atoms with Gasteiger partial charge in [-0.2, -0.15) is 0 Å². The lowest BCUT2D eigenvalue weighted by Gasteiger charge is -2.30. The molecule has 0 saturated carbocycles. The average molecular weight is 310 g/mol. The van der Waals surface area contributed by atoms with Crippen LogP contribution in [-0.2, 0) is 0 Å². The van der Waals surface area contributed by atoms with E-state index >= 15 is 0 Å². The fraction of sp³-hybridized carbons (Fsp3) is 0.533. The van der Waals surface area contributed by atoms with Gasteiger partial charge in [0.2, 0.25) is 0 Å². The molecule has 1 aliphatic rings. The number of nitrogens with two attached hydrogens (primary N) is 1. The smallest absolute Gasteiger partial charge is 0.107 e. The van der Waals surface area contributed by atoms with E-state index in [2.05, 4.69) is 30.9 Å². The predicted molar refractivity (Wildman–Crippen MR) is 90.7 cm³/mol. The van der Waals surface area contributed by atoms with Crippen LogP contribution in [0.5, 0.6) is 0 Å². The fourth-order valence-electron chi connectivity index (χ4n) is 2.87. The van der Waals surface area contributed by atoms with E-state index in [1.807, 2.05) is 6.07 Å². The molecule has 0 aromatic heterocycles. The van der Waals surface area contributed by atoms with Crippen LogP contribution in [-0.4, -0.2) is 35.0 Å². The van der Waals surface area contributed by atoms with Crippen LogP contribution in [0.4, 0.5) is 5.69 Å². The number of nitrogens with zero attached hydrogens (tertiary/aromatic N) is 1. The molecule has 5 heteroatoms. The van der Waals surface area contributed by atoms with E-state index in [0.29, 0.717) is 10.9 Å². The molecule has 1 heterocycles. The molecule has 0 spiro atoms. The number of aliphatic hydroxyl groups is 1. The van der Waals surface area contributed by atoms with Crippen molar-refractivity contribution in [3.05, 3.63) is 23.8 Å². The van der Waals surface area contributed by atoms with Crippen molar-refractivity contribution in [3.8, 4) is 0 Å². The standard InChI is InChI=1S/C15H22N2OS2/c1-3-20-13-6-4-5-11(14(13)15(16)19)17-8-7-10(2)12(17)9-18/h4-6,10,12,18H,3,7-9H2,1-2H3,(H2,16,19). The molecule has 1 aromatic carbocycles. The van der Waals surface area contributed by atoms with Gasteiger partial charge >= 0.3 is 0 Å². The molecule has 0 amide bonds. The number of thioether (sulfide) groups is 1. The summed E-state index contributed by atoms with van der Waals surface area (Å²) in [5.41, 5.74) is 7.99. The summed E-state index contributed by atoms with van der Waals surface area (Å²) < 4.78 is 0. The molecule has 3 N–H and O–H groups in total. The summed E-state index contributed by atoms with van der Waals surface area (Å²) in [4.78, 5) is 3.83. The molecule has 1 aromatic rings. The summed E-state index contributed by atoms with van der Waals surface area (Å²) in [6.45, 7) is 5.42. The molecule has 20 heavy (non-hydrogen) atoms. The quantitative estimate of drug-likeness (QED) is 0.647. The van der Waals surface area contributed by atoms with Crippen LogP contribution >= 0.6 is 24.0 Å².